The first-order valence-electron chi connectivity index (χ1n) is 9.46. The highest BCUT2D eigenvalue weighted by atomic mass is 35.5. The normalized spacial score (nSPS) is 21.0. The molecule has 1 atom stereocenters. The van der Waals surface area contributed by atoms with E-state index in [1.807, 2.05) is 25.1 Å². The lowest BCUT2D eigenvalue weighted by atomic mass is 10.2. The molecule has 0 bridgehead atoms. The number of piperazine rings is 1. The van der Waals surface area contributed by atoms with Crippen LogP contribution in [-0.2, 0) is 16.1 Å². The van der Waals surface area contributed by atoms with Crippen molar-refractivity contribution < 1.29 is 19.4 Å². The van der Waals surface area contributed by atoms with Crippen LogP contribution in [0.2, 0.25) is 5.02 Å². The zero-order valence-electron chi connectivity index (χ0n) is 15.7. The SMILES string of the molecule is CCCNC(=O)[C@@H](C)NC(=O)C[NH+]1CC[NH+](Cc2cccc(Cl)c2)CC1. The van der Waals surface area contributed by atoms with Gasteiger partial charge < -0.3 is 20.4 Å². The summed E-state index contributed by atoms with van der Waals surface area (Å²) in [5.41, 5.74) is 1.25. The molecule has 0 radical (unpaired) electrons. The van der Waals surface area contributed by atoms with Crippen molar-refractivity contribution >= 4 is 23.4 Å². The van der Waals surface area contributed by atoms with Crippen molar-refractivity contribution in [3.05, 3.63) is 34.9 Å². The lowest BCUT2D eigenvalue weighted by Crippen LogP contribution is -3.28. The van der Waals surface area contributed by atoms with E-state index in [4.69, 9.17) is 11.6 Å². The van der Waals surface area contributed by atoms with E-state index in [0.29, 0.717) is 13.1 Å². The first-order valence-corrected chi connectivity index (χ1v) is 9.84. The van der Waals surface area contributed by atoms with Crippen LogP contribution in [0, 0.1) is 0 Å². The molecule has 0 aromatic heterocycles. The third-order valence-electron chi connectivity index (χ3n) is 4.74. The number of halogens is 1. The third-order valence-corrected chi connectivity index (χ3v) is 4.97. The van der Waals surface area contributed by atoms with E-state index in [9.17, 15) is 9.59 Å². The maximum absolute atomic E-state index is 12.2. The number of hydrogen-bond donors (Lipinski definition) is 4. The summed E-state index contributed by atoms with van der Waals surface area (Å²) in [6.45, 7) is 9.74. The minimum absolute atomic E-state index is 0.0579. The van der Waals surface area contributed by atoms with Gasteiger partial charge in [0, 0.05) is 17.1 Å². The molecular formula is C19H31ClN4O2+2. The van der Waals surface area contributed by atoms with Crippen LogP contribution in [0.1, 0.15) is 25.8 Å². The maximum atomic E-state index is 12.2. The fourth-order valence-electron chi connectivity index (χ4n) is 3.23. The van der Waals surface area contributed by atoms with E-state index in [0.717, 1.165) is 44.2 Å². The minimum Gasteiger partial charge on any atom is -0.354 e. The summed E-state index contributed by atoms with van der Waals surface area (Å²) in [6, 6.07) is 7.52. The Labute approximate surface area is 160 Å². The molecule has 1 aliphatic heterocycles. The Hall–Kier alpha value is -1.63. The topological polar surface area (TPSA) is 67.1 Å². The van der Waals surface area contributed by atoms with Gasteiger partial charge in [0.05, 0.1) is 0 Å². The predicted molar refractivity (Wildman–Crippen MR) is 102 cm³/mol. The van der Waals surface area contributed by atoms with Crippen LogP contribution in [0.3, 0.4) is 0 Å². The highest BCUT2D eigenvalue weighted by Gasteiger charge is 2.26. The number of carbonyl (C=O) groups excluding carboxylic acids is 2. The molecule has 26 heavy (non-hydrogen) atoms. The van der Waals surface area contributed by atoms with E-state index in [-0.39, 0.29) is 11.8 Å². The molecule has 2 rings (SSSR count). The van der Waals surface area contributed by atoms with Crippen LogP contribution >= 0.6 is 11.6 Å². The lowest BCUT2D eigenvalue weighted by Gasteiger charge is -2.29. The van der Waals surface area contributed by atoms with E-state index in [2.05, 4.69) is 16.7 Å². The van der Waals surface area contributed by atoms with Crippen LogP contribution < -0.4 is 20.4 Å². The molecule has 0 unspecified atom stereocenters. The molecule has 7 heteroatoms. The number of quaternary nitrogens is 2. The van der Waals surface area contributed by atoms with Crippen LogP contribution in [0.15, 0.2) is 24.3 Å². The van der Waals surface area contributed by atoms with Gasteiger partial charge >= 0.3 is 0 Å². The fraction of sp³-hybridized carbons (Fsp3) is 0.579. The van der Waals surface area contributed by atoms with E-state index in [1.165, 1.54) is 15.4 Å². The number of benzene rings is 1. The van der Waals surface area contributed by atoms with Crippen molar-refractivity contribution in [2.45, 2.75) is 32.9 Å². The lowest BCUT2D eigenvalue weighted by molar-refractivity contribution is -1.02. The molecule has 1 aromatic carbocycles. The standard InChI is InChI=1S/C19H29ClN4O2/c1-3-7-21-19(26)15(2)22-18(25)14-24-10-8-23(9-11-24)13-16-5-4-6-17(20)12-16/h4-6,12,15H,3,7-11,13-14H2,1-2H3,(H,21,26)(H,22,25)/p+2/t15-/m1/s1. The monoisotopic (exact) mass is 382 g/mol. The van der Waals surface area contributed by atoms with E-state index in [1.54, 1.807) is 6.92 Å². The quantitative estimate of drug-likeness (QED) is 0.449. The molecular weight excluding hydrogens is 352 g/mol. The minimum atomic E-state index is -0.483. The second kappa shape index (κ2) is 10.5. The van der Waals surface area contributed by atoms with Gasteiger partial charge in [-0.2, -0.15) is 0 Å². The van der Waals surface area contributed by atoms with Crippen molar-refractivity contribution in [1.29, 1.82) is 0 Å². The molecule has 0 spiro atoms. The van der Waals surface area contributed by atoms with E-state index < -0.39 is 6.04 Å². The predicted octanol–water partition coefficient (Wildman–Crippen LogP) is -1.35. The molecule has 4 N–H and O–H groups in total. The second-order valence-electron chi connectivity index (χ2n) is 7.06. The Balaban J connectivity index is 1.69. The molecule has 0 aliphatic carbocycles. The molecule has 144 valence electrons. The summed E-state index contributed by atoms with van der Waals surface area (Å²) in [7, 11) is 0. The first-order chi connectivity index (χ1) is 12.5. The van der Waals surface area contributed by atoms with Gasteiger partial charge in [-0.15, -0.1) is 0 Å². The van der Waals surface area contributed by atoms with Crippen molar-refractivity contribution in [1.82, 2.24) is 10.6 Å². The zero-order chi connectivity index (χ0) is 18.9. The Kier molecular flexibility index (Phi) is 8.35. The average Bonchev–Trinajstić information content (AvgIpc) is 2.61. The van der Waals surface area contributed by atoms with Gasteiger partial charge in [0.2, 0.25) is 5.91 Å². The van der Waals surface area contributed by atoms with E-state index >= 15 is 0 Å². The number of nitrogens with one attached hydrogen (secondary N) is 4. The number of hydrogen-bond acceptors (Lipinski definition) is 2. The summed E-state index contributed by atoms with van der Waals surface area (Å²) in [4.78, 5) is 26.8. The maximum Gasteiger partial charge on any atom is 0.275 e. The van der Waals surface area contributed by atoms with Crippen LogP contribution in [-0.4, -0.2) is 57.1 Å². The summed E-state index contributed by atoms with van der Waals surface area (Å²) in [5.74, 6) is -0.177. The van der Waals surface area contributed by atoms with Gasteiger partial charge in [-0.3, -0.25) is 9.59 Å². The highest BCUT2D eigenvalue weighted by Crippen LogP contribution is 2.09. The molecule has 2 amide bonds. The second-order valence-corrected chi connectivity index (χ2v) is 7.50. The Morgan fingerprint density at radius 2 is 1.88 bits per heavy atom. The van der Waals surface area contributed by atoms with Crippen LogP contribution in [0.4, 0.5) is 0 Å². The van der Waals surface area contributed by atoms with Crippen molar-refractivity contribution in [2.24, 2.45) is 0 Å². The number of carbonyl (C=O) groups is 2. The van der Waals surface area contributed by atoms with Crippen molar-refractivity contribution in [3.63, 3.8) is 0 Å². The van der Waals surface area contributed by atoms with Crippen molar-refractivity contribution in [2.75, 3.05) is 39.3 Å². The molecule has 1 aliphatic rings. The van der Waals surface area contributed by atoms with Gasteiger partial charge in [-0.05, 0) is 25.5 Å². The van der Waals surface area contributed by atoms with Gasteiger partial charge in [-0.1, -0.05) is 30.7 Å². The highest BCUT2D eigenvalue weighted by molar-refractivity contribution is 6.30. The molecule has 6 nitrogen and oxygen atoms in total. The van der Waals surface area contributed by atoms with Crippen molar-refractivity contribution in [3.8, 4) is 0 Å². The average molecular weight is 383 g/mol. The molecule has 1 fully saturated rings. The summed E-state index contributed by atoms with van der Waals surface area (Å²) < 4.78 is 0. The van der Waals surface area contributed by atoms with Gasteiger partial charge in [0.1, 0.15) is 38.8 Å². The first kappa shape index (κ1) is 20.7. The zero-order valence-corrected chi connectivity index (χ0v) is 16.5. The smallest absolute Gasteiger partial charge is 0.275 e. The summed E-state index contributed by atoms with van der Waals surface area (Å²) in [6.07, 6.45) is 0.887. The molecule has 1 heterocycles. The van der Waals surface area contributed by atoms with Gasteiger partial charge in [0.15, 0.2) is 6.54 Å². The van der Waals surface area contributed by atoms with Gasteiger partial charge in [0.25, 0.3) is 5.91 Å². The Bertz CT molecular complexity index is 603. The van der Waals surface area contributed by atoms with Crippen LogP contribution in [0.25, 0.3) is 0 Å². The van der Waals surface area contributed by atoms with Crippen LogP contribution in [0.5, 0.6) is 0 Å². The third kappa shape index (κ3) is 6.94. The summed E-state index contributed by atoms with van der Waals surface area (Å²) in [5, 5.41) is 6.38. The summed E-state index contributed by atoms with van der Waals surface area (Å²) >= 11 is 6.05. The molecule has 0 saturated carbocycles. The van der Waals surface area contributed by atoms with Gasteiger partial charge in [-0.25, -0.2) is 0 Å². The Morgan fingerprint density at radius 3 is 2.54 bits per heavy atom. The number of rotatable bonds is 8. The fourth-order valence-corrected chi connectivity index (χ4v) is 3.45. The Morgan fingerprint density at radius 1 is 1.19 bits per heavy atom. The largest absolute Gasteiger partial charge is 0.354 e. The molecule has 1 aromatic rings. The number of amides is 2. The molecule has 1 saturated heterocycles.